The van der Waals surface area contributed by atoms with Crippen molar-refractivity contribution in [3.63, 3.8) is 0 Å². The number of carbonyl (C=O) groups is 2. The van der Waals surface area contributed by atoms with Crippen molar-refractivity contribution in [1.82, 2.24) is 4.31 Å². The normalized spacial score (nSPS) is 17.1. The zero-order valence-electron chi connectivity index (χ0n) is 22.9. The van der Waals surface area contributed by atoms with E-state index in [9.17, 15) is 18.0 Å². The van der Waals surface area contributed by atoms with Gasteiger partial charge in [-0.25, -0.2) is 8.42 Å². The van der Waals surface area contributed by atoms with E-state index in [0.29, 0.717) is 55.3 Å². The number of fused-ring (bicyclic) bond motifs is 1. The van der Waals surface area contributed by atoms with Crippen molar-refractivity contribution in [3.8, 4) is 11.5 Å². The van der Waals surface area contributed by atoms with Gasteiger partial charge >= 0.3 is 0 Å². The van der Waals surface area contributed by atoms with Gasteiger partial charge in [-0.2, -0.15) is 4.31 Å². The van der Waals surface area contributed by atoms with Crippen LogP contribution in [-0.2, 0) is 21.2 Å². The van der Waals surface area contributed by atoms with Gasteiger partial charge in [0.15, 0.2) is 0 Å². The Balaban J connectivity index is 1.28. The van der Waals surface area contributed by atoms with E-state index in [1.54, 1.807) is 48.4 Å². The Labute approximate surface area is 245 Å². The Kier molecular flexibility index (Phi) is 8.53. The Hall–Kier alpha value is -3.60. The first kappa shape index (κ1) is 28.9. The number of amides is 2. The molecule has 0 aliphatic carbocycles. The molecule has 41 heavy (non-hydrogen) atoms. The van der Waals surface area contributed by atoms with Crippen molar-refractivity contribution in [2.24, 2.45) is 5.92 Å². The van der Waals surface area contributed by atoms with Gasteiger partial charge in [0.25, 0.3) is 5.91 Å². The first-order chi connectivity index (χ1) is 19.7. The predicted molar refractivity (Wildman–Crippen MR) is 158 cm³/mol. The number of ether oxygens (including phenoxy) is 2. The highest BCUT2D eigenvalue weighted by Gasteiger charge is 2.34. The lowest BCUT2D eigenvalue weighted by Gasteiger charge is -2.31. The van der Waals surface area contributed by atoms with E-state index in [1.165, 1.54) is 16.4 Å². The summed E-state index contributed by atoms with van der Waals surface area (Å²) in [5, 5.41) is 3.16. The molecule has 2 aliphatic rings. The number of carbonyl (C=O) groups excluding carboxylic acids is 2. The summed E-state index contributed by atoms with van der Waals surface area (Å²) >= 11 is 6.24. The van der Waals surface area contributed by atoms with Crippen LogP contribution in [0.15, 0.2) is 65.6 Å². The molecule has 3 aromatic carbocycles. The summed E-state index contributed by atoms with van der Waals surface area (Å²) in [5.74, 6) is 0.174. The average molecular weight is 598 g/mol. The first-order valence-electron chi connectivity index (χ1n) is 13.5. The molecule has 1 N–H and O–H groups in total. The second-order valence-electron chi connectivity index (χ2n) is 10.00. The molecule has 11 heteroatoms. The number of sulfonamides is 1. The largest absolute Gasteiger partial charge is 0.497 e. The van der Waals surface area contributed by atoms with Crippen molar-refractivity contribution in [2.75, 3.05) is 43.6 Å². The number of piperidine rings is 1. The summed E-state index contributed by atoms with van der Waals surface area (Å²) in [6.07, 6.45) is 1.84. The third kappa shape index (κ3) is 6.05. The number of hydrogen-bond acceptors (Lipinski definition) is 6. The minimum atomic E-state index is -3.85. The fourth-order valence-electron chi connectivity index (χ4n) is 5.24. The highest BCUT2D eigenvalue weighted by atomic mass is 35.5. The molecule has 1 saturated heterocycles. The van der Waals surface area contributed by atoms with Gasteiger partial charge in [-0.15, -0.1) is 0 Å². The molecule has 0 bridgehead atoms. The fourth-order valence-corrected chi connectivity index (χ4v) is 7.09. The van der Waals surface area contributed by atoms with Crippen LogP contribution in [0.25, 0.3) is 0 Å². The minimum absolute atomic E-state index is 0.0615. The van der Waals surface area contributed by atoms with Crippen molar-refractivity contribution >= 4 is 44.8 Å². The zero-order valence-corrected chi connectivity index (χ0v) is 24.5. The molecular weight excluding hydrogens is 566 g/mol. The van der Waals surface area contributed by atoms with E-state index < -0.39 is 15.9 Å². The number of benzene rings is 3. The van der Waals surface area contributed by atoms with E-state index >= 15 is 0 Å². The number of nitrogens with one attached hydrogen (secondary N) is 1. The highest BCUT2D eigenvalue weighted by Crippen LogP contribution is 2.34. The maximum absolute atomic E-state index is 13.4. The average Bonchev–Trinajstić information content (AvgIpc) is 3.41. The van der Waals surface area contributed by atoms with Crippen LogP contribution in [-0.4, -0.2) is 57.9 Å². The topological polar surface area (TPSA) is 105 Å². The molecule has 1 unspecified atom stereocenters. The third-order valence-electron chi connectivity index (χ3n) is 7.43. The summed E-state index contributed by atoms with van der Waals surface area (Å²) in [7, 11) is -2.28. The molecule has 3 aromatic rings. The Morgan fingerprint density at radius 2 is 1.83 bits per heavy atom. The van der Waals surface area contributed by atoms with Crippen LogP contribution < -0.4 is 19.7 Å². The quantitative estimate of drug-likeness (QED) is 0.392. The van der Waals surface area contributed by atoms with Crippen LogP contribution >= 0.6 is 11.6 Å². The minimum Gasteiger partial charge on any atom is -0.497 e. The van der Waals surface area contributed by atoms with E-state index in [-0.39, 0.29) is 28.3 Å². The number of rotatable bonds is 8. The fraction of sp³-hybridized carbons (Fsp3) is 0.333. The van der Waals surface area contributed by atoms with Crippen molar-refractivity contribution in [3.05, 3.63) is 76.8 Å². The molecule has 1 atom stereocenters. The van der Waals surface area contributed by atoms with E-state index in [4.69, 9.17) is 21.1 Å². The standard InChI is InChI=1S/C30H32ClN3O6S/c1-3-40-28-13-12-25(18-26(28)31)41(37,38)33-15-4-5-22(19-33)29(35)32-23-9-6-20-14-16-34(27(20)17-23)30(36)21-7-10-24(39-2)11-8-21/h6-13,17-18,22H,3-5,14-16,19H2,1-2H3,(H,32,35). The van der Waals surface area contributed by atoms with Crippen LogP contribution in [0.3, 0.4) is 0 Å². The van der Waals surface area contributed by atoms with Crippen molar-refractivity contribution in [2.45, 2.75) is 31.1 Å². The number of anilines is 2. The highest BCUT2D eigenvalue weighted by molar-refractivity contribution is 7.89. The number of hydrogen-bond donors (Lipinski definition) is 1. The molecule has 2 aliphatic heterocycles. The molecule has 9 nitrogen and oxygen atoms in total. The second kappa shape index (κ2) is 12.1. The first-order valence-corrected chi connectivity index (χ1v) is 15.3. The molecule has 2 amide bonds. The van der Waals surface area contributed by atoms with Crippen LogP contribution in [0, 0.1) is 5.92 Å². The van der Waals surface area contributed by atoms with Gasteiger partial charge in [0.05, 0.1) is 29.6 Å². The summed E-state index contributed by atoms with van der Waals surface area (Å²) in [5.41, 5.74) is 2.88. The summed E-state index contributed by atoms with van der Waals surface area (Å²) in [4.78, 5) is 28.3. The predicted octanol–water partition coefficient (Wildman–Crippen LogP) is 4.99. The maximum Gasteiger partial charge on any atom is 0.258 e. The van der Waals surface area contributed by atoms with Gasteiger partial charge in [0.1, 0.15) is 11.5 Å². The van der Waals surface area contributed by atoms with Gasteiger partial charge < -0.3 is 19.7 Å². The SMILES string of the molecule is CCOc1ccc(S(=O)(=O)N2CCCC(C(=O)Nc3ccc4c(c3)N(C(=O)c3ccc(OC)cc3)CC4)C2)cc1Cl. The maximum atomic E-state index is 13.4. The molecule has 1 fully saturated rings. The smallest absolute Gasteiger partial charge is 0.258 e. The summed E-state index contributed by atoms with van der Waals surface area (Å²) < 4.78 is 38.7. The van der Waals surface area contributed by atoms with Crippen molar-refractivity contribution in [1.29, 1.82) is 0 Å². The van der Waals surface area contributed by atoms with Crippen LogP contribution in [0.2, 0.25) is 5.02 Å². The molecular formula is C30H32ClN3O6S. The number of halogens is 1. The molecule has 0 radical (unpaired) electrons. The lowest BCUT2D eigenvalue weighted by Crippen LogP contribution is -2.43. The zero-order chi connectivity index (χ0) is 29.1. The molecule has 0 saturated carbocycles. The summed E-state index contributed by atoms with van der Waals surface area (Å²) in [6, 6.07) is 16.9. The van der Waals surface area contributed by atoms with E-state index in [0.717, 1.165) is 17.7 Å². The van der Waals surface area contributed by atoms with E-state index in [1.807, 2.05) is 19.1 Å². The van der Waals surface area contributed by atoms with Gasteiger partial charge in [-0.1, -0.05) is 17.7 Å². The van der Waals surface area contributed by atoms with Crippen LogP contribution in [0.5, 0.6) is 11.5 Å². The lowest BCUT2D eigenvalue weighted by molar-refractivity contribution is -0.120. The Morgan fingerprint density at radius 3 is 2.54 bits per heavy atom. The monoisotopic (exact) mass is 597 g/mol. The Bertz CT molecular complexity index is 1560. The van der Waals surface area contributed by atoms with E-state index in [2.05, 4.69) is 5.32 Å². The second-order valence-corrected chi connectivity index (χ2v) is 12.3. The van der Waals surface area contributed by atoms with Gasteiger partial charge in [0, 0.05) is 36.6 Å². The third-order valence-corrected chi connectivity index (χ3v) is 9.58. The van der Waals surface area contributed by atoms with Crippen LogP contribution in [0.1, 0.15) is 35.7 Å². The summed E-state index contributed by atoms with van der Waals surface area (Å²) in [6.45, 7) is 3.16. The number of nitrogens with zero attached hydrogens (tertiary/aromatic N) is 2. The van der Waals surface area contributed by atoms with Gasteiger partial charge in [0.2, 0.25) is 15.9 Å². The van der Waals surface area contributed by atoms with Gasteiger partial charge in [-0.05, 0) is 86.3 Å². The van der Waals surface area contributed by atoms with Crippen LogP contribution in [0.4, 0.5) is 11.4 Å². The molecule has 5 rings (SSSR count). The Morgan fingerprint density at radius 1 is 1.05 bits per heavy atom. The lowest BCUT2D eigenvalue weighted by atomic mass is 9.98. The molecule has 2 heterocycles. The molecule has 0 spiro atoms. The number of methoxy groups -OCH3 is 1. The van der Waals surface area contributed by atoms with Gasteiger partial charge in [-0.3, -0.25) is 9.59 Å². The molecule has 0 aromatic heterocycles. The van der Waals surface area contributed by atoms with Crippen molar-refractivity contribution < 1.29 is 27.5 Å². The molecule has 216 valence electrons.